The molecule has 2 atom stereocenters. The highest BCUT2D eigenvalue weighted by atomic mass is 19.4. The molecule has 9 heteroatoms. The maximum atomic E-state index is 12.7. The summed E-state index contributed by atoms with van der Waals surface area (Å²) in [5.41, 5.74) is 0.405. The van der Waals surface area contributed by atoms with Crippen LogP contribution < -0.4 is 0 Å². The zero-order chi connectivity index (χ0) is 23.3. The summed E-state index contributed by atoms with van der Waals surface area (Å²) >= 11 is 0. The van der Waals surface area contributed by atoms with Crippen molar-refractivity contribution in [2.45, 2.75) is 31.5 Å². The van der Waals surface area contributed by atoms with Crippen molar-refractivity contribution in [1.82, 2.24) is 4.90 Å². The molecule has 0 bridgehead atoms. The average Bonchev–Trinajstić information content (AvgIpc) is 3.02. The van der Waals surface area contributed by atoms with E-state index >= 15 is 0 Å². The Balaban J connectivity index is 1.62. The molecular formula is C23H20F3NO5. The number of aldehydes is 1. The van der Waals surface area contributed by atoms with E-state index in [0.29, 0.717) is 23.0 Å². The Morgan fingerprint density at radius 3 is 2.00 bits per heavy atom. The second kappa shape index (κ2) is 9.76. The number of halogens is 3. The van der Waals surface area contributed by atoms with Crippen molar-refractivity contribution in [2.24, 2.45) is 5.92 Å². The van der Waals surface area contributed by atoms with Gasteiger partial charge >= 0.3 is 6.18 Å². The molecule has 0 saturated carbocycles. The molecule has 2 aromatic rings. The van der Waals surface area contributed by atoms with Crippen LogP contribution in [0, 0.1) is 5.92 Å². The zero-order valence-corrected chi connectivity index (χ0v) is 16.9. The van der Waals surface area contributed by atoms with Gasteiger partial charge in [-0.3, -0.25) is 19.3 Å². The first kappa shape index (κ1) is 23.2. The van der Waals surface area contributed by atoms with Gasteiger partial charge in [0, 0.05) is 6.54 Å². The Morgan fingerprint density at radius 2 is 1.50 bits per heavy atom. The number of alkyl halides is 3. The summed E-state index contributed by atoms with van der Waals surface area (Å²) in [6.07, 6.45) is -4.14. The van der Waals surface area contributed by atoms with E-state index in [1.54, 1.807) is 24.3 Å². The van der Waals surface area contributed by atoms with Crippen molar-refractivity contribution in [3.63, 3.8) is 0 Å². The topological polar surface area (TPSA) is 80.8 Å². The lowest BCUT2D eigenvalue weighted by atomic mass is 9.94. The molecule has 0 N–H and O–H groups in total. The van der Waals surface area contributed by atoms with E-state index in [1.165, 1.54) is 12.1 Å². The smallest absolute Gasteiger partial charge is 0.416 e. The summed E-state index contributed by atoms with van der Waals surface area (Å²) in [7, 11) is 0. The van der Waals surface area contributed by atoms with Crippen LogP contribution in [0.1, 0.15) is 44.7 Å². The number of ether oxygens (including phenoxy) is 1. The molecule has 168 valence electrons. The largest absolute Gasteiger partial charge is 0.464 e. The number of benzene rings is 2. The first-order valence-corrected chi connectivity index (χ1v) is 9.92. The Hall–Kier alpha value is -3.49. The van der Waals surface area contributed by atoms with Crippen LogP contribution in [-0.2, 0) is 26.9 Å². The molecular weight excluding hydrogens is 427 g/mol. The molecule has 2 unspecified atom stereocenters. The molecule has 0 aliphatic carbocycles. The fourth-order valence-corrected chi connectivity index (χ4v) is 3.69. The third-order valence-corrected chi connectivity index (χ3v) is 5.45. The summed E-state index contributed by atoms with van der Waals surface area (Å²) in [5.74, 6) is -1.69. The van der Waals surface area contributed by atoms with Crippen molar-refractivity contribution in [3.8, 4) is 0 Å². The van der Waals surface area contributed by atoms with Gasteiger partial charge in [0.25, 0.3) is 18.3 Å². The Morgan fingerprint density at radius 1 is 0.906 bits per heavy atom. The van der Waals surface area contributed by atoms with Crippen LogP contribution in [0.5, 0.6) is 0 Å². The van der Waals surface area contributed by atoms with Crippen molar-refractivity contribution in [1.29, 1.82) is 0 Å². The van der Waals surface area contributed by atoms with Gasteiger partial charge in [0.15, 0.2) is 0 Å². The standard InChI is InChI=1S/C23H20F3NO5/c24-23(25,26)17-8-5-15(6-9-17)7-10-20(32-14-29)16(13-28)11-12-27-21(30)18-3-1-2-4-19(18)22(27)31/h1-6,8-9,13-14,16,20H,7,10-12H2. The molecule has 0 radical (unpaired) electrons. The predicted molar refractivity (Wildman–Crippen MR) is 107 cm³/mol. The van der Waals surface area contributed by atoms with E-state index in [0.717, 1.165) is 17.0 Å². The molecule has 0 aromatic heterocycles. The van der Waals surface area contributed by atoms with E-state index in [9.17, 15) is 32.3 Å². The molecule has 1 aliphatic heterocycles. The van der Waals surface area contributed by atoms with Crippen LogP contribution in [0.4, 0.5) is 13.2 Å². The number of hydrogen-bond donors (Lipinski definition) is 0. The van der Waals surface area contributed by atoms with Crippen LogP contribution in [0.15, 0.2) is 48.5 Å². The molecule has 0 saturated heterocycles. The normalized spacial score (nSPS) is 15.3. The zero-order valence-electron chi connectivity index (χ0n) is 16.9. The van der Waals surface area contributed by atoms with Crippen LogP contribution in [0.25, 0.3) is 0 Å². The first-order chi connectivity index (χ1) is 15.3. The van der Waals surface area contributed by atoms with Crippen molar-refractivity contribution < 1.29 is 37.1 Å². The fraction of sp³-hybridized carbons (Fsp3) is 0.304. The second-order valence-corrected chi connectivity index (χ2v) is 7.40. The van der Waals surface area contributed by atoms with Gasteiger partial charge in [-0.15, -0.1) is 0 Å². The lowest BCUT2D eigenvalue weighted by Gasteiger charge is -2.23. The third kappa shape index (κ3) is 5.04. The van der Waals surface area contributed by atoms with Gasteiger partial charge in [0.2, 0.25) is 0 Å². The Labute approximate surface area is 182 Å². The molecule has 3 rings (SSSR count). The molecule has 0 spiro atoms. The number of fused-ring (bicyclic) bond motifs is 1. The minimum Gasteiger partial charge on any atom is -0.464 e. The van der Waals surface area contributed by atoms with Crippen molar-refractivity contribution in [2.75, 3.05) is 6.54 Å². The summed E-state index contributed by atoms with van der Waals surface area (Å²) in [4.78, 5) is 48.6. The summed E-state index contributed by atoms with van der Waals surface area (Å²) in [6, 6.07) is 11.0. The minimum atomic E-state index is -4.44. The highest BCUT2D eigenvalue weighted by Crippen LogP contribution is 2.29. The summed E-state index contributed by atoms with van der Waals surface area (Å²) in [6.45, 7) is 0.171. The number of aryl methyl sites for hydroxylation is 1. The van der Waals surface area contributed by atoms with Gasteiger partial charge in [-0.05, 0) is 49.1 Å². The predicted octanol–water partition coefficient (Wildman–Crippen LogP) is 3.68. The van der Waals surface area contributed by atoms with Crippen LogP contribution >= 0.6 is 0 Å². The molecule has 0 fully saturated rings. The number of imide groups is 1. The van der Waals surface area contributed by atoms with E-state index in [4.69, 9.17) is 4.74 Å². The van der Waals surface area contributed by atoms with Crippen molar-refractivity contribution >= 4 is 24.6 Å². The maximum Gasteiger partial charge on any atom is 0.416 e. The summed E-state index contributed by atoms with van der Waals surface area (Å²) in [5, 5.41) is 0. The van der Waals surface area contributed by atoms with Crippen LogP contribution in [0.2, 0.25) is 0 Å². The monoisotopic (exact) mass is 447 g/mol. The van der Waals surface area contributed by atoms with Gasteiger partial charge in [-0.25, -0.2) is 0 Å². The lowest BCUT2D eigenvalue weighted by molar-refractivity contribution is -0.139. The van der Waals surface area contributed by atoms with Crippen LogP contribution in [-0.4, -0.2) is 42.1 Å². The molecule has 1 aliphatic rings. The average molecular weight is 447 g/mol. The maximum absolute atomic E-state index is 12.7. The van der Waals surface area contributed by atoms with Gasteiger partial charge in [-0.1, -0.05) is 24.3 Å². The van der Waals surface area contributed by atoms with E-state index < -0.39 is 35.6 Å². The fourth-order valence-electron chi connectivity index (χ4n) is 3.69. The summed E-state index contributed by atoms with van der Waals surface area (Å²) < 4.78 is 43.1. The second-order valence-electron chi connectivity index (χ2n) is 7.40. The first-order valence-electron chi connectivity index (χ1n) is 9.92. The van der Waals surface area contributed by atoms with Gasteiger partial charge < -0.3 is 9.53 Å². The SMILES string of the molecule is O=COC(CCc1ccc(C(F)(F)F)cc1)C(C=O)CCN1C(=O)c2ccccc2C1=O. The number of carbonyl (C=O) groups excluding carboxylic acids is 4. The molecule has 2 amide bonds. The molecule has 2 aromatic carbocycles. The highest BCUT2D eigenvalue weighted by molar-refractivity contribution is 6.21. The van der Waals surface area contributed by atoms with Crippen molar-refractivity contribution in [3.05, 3.63) is 70.8 Å². The van der Waals surface area contributed by atoms with Gasteiger partial charge in [-0.2, -0.15) is 13.2 Å². The minimum absolute atomic E-state index is 0.0330. The number of rotatable bonds is 10. The van der Waals surface area contributed by atoms with E-state index in [1.807, 2.05) is 0 Å². The highest BCUT2D eigenvalue weighted by Gasteiger charge is 2.36. The lowest BCUT2D eigenvalue weighted by Crippen LogP contribution is -2.35. The number of hydrogen-bond acceptors (Lipinski definition) is 5. The Kier molecular flexibility index (Phi) is 7.07. The Bertz CT molecular complexity index is 968. The van der Waals surface area contributed by atoms with E-state index in [-0.39, 0.29) is 32.3 Å². The number of nitrogens with zero attached hydrogens (tertiary/aromatic N) is 1. The van der Waals surface area contributed by atoms with Gasteiger partial charge in [0.05, 0.1) is 22.6 Å². The number of amides is 2. The van der Waals surface area contributed by atoms with E-state index in [2.05, 4.69) is 0 Å². The molecule has 6 nitrogen and oxygen atoms in total. The quantitative estimate of drug-likeness (QED) is 0.410. The molecule has 32 heavy (non-hydrogen) atoms. The molecule has 1 heterocycles. The van der Waals surface area contributed by atoms with Gasteiger partial charge in [0.1, 0.15) is 12.4 Å². The third-order valence-electron chi connectivity index (χ3n) is 5.45. The number of carbonyl (C=O) groups is 4. The van der Waals surface area contributed by atoms with Crippen LogP contribution in [0.3, 0.4) is 0 Å².